The summed E-state index contributed by atoms with van der Waals surface area (Å²) in [6, 6.07) is 10.6. The Morgan fingerprint density at radius 1 is 0.754 bits per heavy atom. The number of carbonyl (C=O) groups excluding carboxylic acids is 1. The Balaban J connectivity index is 1.14. The predicted octanol–water partition coefficient (Wildman–Crippen LogP) is 8.11. The lowest BCUT2D eigenvalue weighted by atomic mass is 9.89. The Morgan fingerprint density at radius 2 is 1.35 bits per heavy atom. The van der Waals surface area contributed by atoms with Gasteiger partial charge in [0.2, 0.25) is 0 Å². The van der Waals surface area contributed by atoms with Gasteiger partial charge in [-0.2, -0.15) is 0 Å². The summed E-state index contributed by atoms with van der Waals surface area (Å²) in [5.74, 6) is -0.351. The Hall–Kier alpha value is -2.19. The molecule has 0 bridgehead atoms. The van der Waals surface area contributed by atoms with E-state index in [-0.39, 0.29) is 49.0 Å². The minimum atomic E-state index is -1.07. The Morgan fingerprint density at radius 3 is 1.95 bits per heavy atom. The molecule has 4 saturated heterocycles. The van der Waals surface area contributed by atoms with Crippen LogP contribution in [-0.4, -0.2) is 100 Å². The van der Waals surface area contributed by atoms with E-state index < -0.39 is 24.5 Å². The fourth-order valence-corrected chi connectivity index (χ4v) is 8.79. The summed E-state index contributed by atoms with van der Waals surface area (Å²) in [7, 11) is 1.32. The van der Waals surface area contributed by atoms with E-state index in [9.17, 15) is 9.90 Å². The highest BCUT2D eigenvalue weighted by molar-refractivity contribution is 5.75. The fourth-order valence-electron chi connectivity index (χ4n) is 8.79. The number of aliphatic hydroxyl groups excluding tert-OH is 1. The highest BCUT2D eigenvalue weighted by Gasteiger charge is 2.45. The molecule has 1 aromatic rings. The van der Waals surface area contributed by atoms with Gasteiger partial charge in [0.25, 0.3) is 0 Å². The highest BCUT2D eigenvalue weighted by Crippen LogP contribution is 2.42. The molecule has 5 aliphatic rings. The predicted molar refractivity (Wildman–Crippen MR) is 215 cm³/mol. The molecule has 57 heavy (non-hydrogen) atoms. The van der Waals surface area contributed by atoms with Crippen molar-refractivity contribution in [3.05, 3.63) is 60.2 Å². The molecule has 1 aliphatic carbocycles. The third-order valence-corrected chi connectivity index (χ3v) is 12.0. The van der Waals surface area contributed by atoms with Crippen molar-refractivity contribution in [2.24, 2.45) is 11.8 Å². The van der Waals surface area contributed by atoms with Gasteiger partial charge in [-0.25, -0.2) is 4.79 Å². The summed E-state index contributed by atoms with van der Waals surface area (Å²) in [5, 5.41) is 11.0. The minimum Gasteiger partial charge on any atom is -0.467 e. The Labute approximate surface area is 341 Å². The first kappa shape index (κ1) is 44.4. The average molecular weight is 799 g/mol. The van der Waals surface area contributed by atoms with Crippen LogP contribution in [0.4, 0.5) is 0 Å². The molecule has 1 aromatic carbocycles. The maximum Gasteiger partial charge on any atom is 0.337 e. The maximum atomic E-state index is 12.5. The van der Waals surface area contributed by atoms with Crippen LogP contribution in [0.3, 0.4) is 0 Å². The first-order chi connectivity index (χ1) is 28.1. The number of ether oxygens (including phenoxy) is 9. The van der Waals surface area contributed by atoms with Crippen LogP contribution in [0, 0.1) is 11.8 Å². The summed E-state index contributed by atoms with van der Waals surface area (Å²) < 4.78 is 55.1. The number of esters is 1. The van der Waals surface area contributed by atoms with Crippen molar-refractivity contribution in [3.8, 4) is 0 Å². The lowest BCUT2D eigenvalue weighted by Gasteiger charge is -2.30. The number of carbonyl (C=O) groups is 1. The van der Waals surface area contributed by atoms with Gasteiger partial charge in [-0.3, -0.25) is 0 Å². The normalized spacial score (nSPS) is 31.7. The van der Waals surface area contributed by atoms with E-state index in [1.807, 2.05) is 0 Å². The van der Waals surface area contributed by atoms with Crippen molar-refractivity contribution in [1.29, 1.82) is 0 Å². The van der Waals surface area contributed by atoms with E-state index in [1.54, 1.807) is 0 Å². The summed E-state index contributed by atoms with van der Waals surface area (Å²) in [6.07, 6.45) is 22.7. The van der Waals surface area contributed by atoms with Gasteiger partial charge in [0, 0.05) is 38.8 Å². The lowest BCUT2D eigenvalue weighted by Crippen LogP contribution is -2.41. The van der Waals surface area contributed by atoms with Crippen molar-refractivity contribution >= 4 is 5.97 Å². The van der Waals surface area contributed by atoms with Gasteiger partial charge in [0.05, 0.1) is 31.5 Å². The molecule has 320 valence electrons. The molecular formula is C46H70O11. The molecule has 1 N–H and O–H groups in total. The maximum absolute atomic E-state index is 12.5. The number of benzene rings is 1. The molecule has 0 aromatic heterocycles. The number of rotatable bonds is 21. The van der Waals surface area contributed by atoms with E-state index >= 15 is 0 Å². The van der Waals surface area contributed by atoms with E-state index in [4.69, 9.17) is 42.6 Å². The van der Waals surface area contributed by atoms with Crippen LogP contribution in [0.2, 0.25) is 0 Å². The summed E-state index contributed by atoms with van der Waals surface area (Å²) in [6.45, 7) is 2.79. The van der Waals surface area contributed by atoms with Crippen LogP contribution < -0.4 is 0 Å². The number of methoxy groups -OCH3 is 1. The van der Waals surface area contributed by atoms with Crippen molar-refractivity contribution in [2.45, 2.75) is 178 Å². The molecule has 0 spiro atoms. The van der Waals surface area contributed by atoms with Crippen LogP contribution in [0.25, 0.3) is 0 Å². The molecule has 4 aliphatic heterocycles. The van der Waals surface area contributed by atoms with Crippen molar-refractivity contribution < 1.29 is 52.5 Å². The highest BCUT2D eigenvalue weighted by atomic mass is 16.7. The largest absolute Gasteiger partial charge is 0.467 e. The topological polar surface area (TPSA) is 120 Å². The SMILES string of the molecule is COC(=O)C(OC1CCCCO1)C(O)CCCC=CC[C@@H]1[C@@H](C=C[C@H](CCc2ccccc2)OC2CCCCO2)[C@H](OC2CCCCO2)C[C@@H]1OC1CCCCO1. The van der Waals surface area contributed by atoms with Crippen LogP contribution in [0.5, 0.6) is 0 Å². The molecule has 4 heterocycles. The third-order valence-electron chi connectivity index (χ3n) is 12.0. The van der Waals surface area contributed by atoms with Crippen LogP contribution in [0.15, 0.2) is 54.6 Å². The summed E-state index contributed by atoms with van der Waals surface area (Å²) in [5.41, 5.74) is 1.30. The molecule has 11 nitrogen and oxygen atoms in total. The van der Waals surface area contributed by atoms with E-state index in [2.05, 4.69) is 54.6 Å². The zero-order chi connectivity index (χ0) is 39.5. The van der Waals surface area contributed by atoms with Gasteiger partial charge < -0.3 is 47.7 Å². The monoisotopic (exact) mass is 798 g/mol. The van der Waals surface area contributed by atoms with Gasteiger partial charge in [-0.15, -0.1) is 0 Å². The van der Waals surface area contributed by atoms with E-state index in [0.717, 1.165) is 123 Å². The smallest absolute Gasteiger partial charge is 0.337 e. The number of hydrogen-bond donors (Lipinski definition) is 1. The second kappa shape index (κ2) is 24.8. The van der Waals surface area contributed by atoms with E-state index in [0.29, 0.717) is 25.9 Å². The standard InChI is InChI=1S/C46H70O11/c1-49-46(48)45(57-44-24-12-16-32-53-44)38(47)20-8-3-2-7-19-36-37(28-27-35(54-41-21-9-13-29-50-41)26-25-34-17-5-4-6-18-34)40(56-43-23-11-15-31-52-43)33-39(36)55-42-22-10-14-30-51-42/h2,4-7,17-18,27-28,35-45,47H,3,8-16,19-26,29-33H2,1H3/t35-,36+,37+,38?,39-,40+,41?,42?,43?,44?,45?/m0/s1. The second-order valence-corrected chi connectivity index (χ2v) is 16.4. The zero-order valence-electron chi connectivity index (χ0n) is 34.3. The lowest BCUT2D eigenvalue weighted by molar-refractivity contribution is -0.217. The number of hydrogen-bond acceptors (Lipinski definition) is 11. The first-order valence-electron chi connectivity index (χ1n) is 22.3. The van der Waals surface area contributed by atoms with Crippen molar-refractivity contribution in [3.63, 3.8) is 0 Å². The Kier molecular flexibility index (Phi) is 19.3. The van der Waals surface area contributed by atoms with Crippen molar-refractivity contribution in [2.75, 3.05) is 33.5 Å². The number of allylic oxidation sites excluding steroid dienone is 2. The van der Waals surface area contributed by atoms with Gasteiger partial charge in [0.1, 0.15) is 0 Å². The number of aliphatic hydroxyl groups is 1. The molecule has 0 amide bonds. The van der Waals surface area contributed by atoms with E-state index in [1.165, 1.54) is 12.7 Å². The van der Waals surface area contributed by atoms with Gasteiger partial charge in [-0.05, 0) is 127 Å². The van der Waals surface area contributed by atoms with Crippen LogP contribution in [0.1, 0.15) is 121 Å². The quantitative estimate of drug-likeness (QED) is 0.0738. The van der Waals surface area contributed by atoms with Gasteiger partial charge in [-0.1, -0.05) is 54.6 Å². The fraction of sp³-hybridized carbons (Fsp3) is 0.761. The molecule has 6 rings (SSSR count). The van der Waals surface area contributed by atoms with Gasteiger partial charge >= 0.3 is 5.97 Å². The Bertz CT molecular complexity index is 1300. The molecule has 6 unspecified atom stereocenters. The molecule has 0 radical (unpaired) electrons. The second-order valence-electron chi connectivity index (χ2n) is 16.4. The molecular weight excluding hydrogens is 728 g/mol. The molecule has 5 fully saturated rings. The molecule has 11 heteroatoms. The molecule has 11 atom stereocenters. The summed E-state index contributed by atoms with van der Waals surface area (Å²) >= 11 is 0. The summed E-state index contributed by atoms with van der Waals surface area (Å²) in [4.78, 5) is 12.5. The number of aryl methyl sites for hydroxylation is 1. The minimum absolute atomic E-state index is 0.0480. The van der Waals surface area contributed by atoms with Crippen molar-refractivity contribution in [1.82, 2.24) is 0 Å². The third kappa shape index (κ3) is 14.8. The number of unbranched alkanes of at least 4 members (excludes halogenated alkanes) is 1. The zero-order valence-corrected chi connectivity index (χ0v) is 34.3. The average Bonchev–Trinajstić information content (AvgIpc) is 3.57. The first-order valence-corrected chi connectivity index (χ1v) is 22.3. The molecule has 1 saturated carbocycles. The van der Waals surface area contributed by atoms with Gasteiger partial charge in [0.15, 0.2) is 31.3 Å². The van der Waals surface area contributed by atoms with Crippen LogP contribution >= 0.6 is 0 Å². The van der Waals surface area contributed by atoms with Crippen LogP contribution in [-0.2, 0) is 53.8 Å².